The van der Waals surface area contributed by atoms with E-state index in [2.05, 4.69) is 27.6 Å². The van der Waals surface area contributed by atoms with Crippen LogP contribution in [0.2, 0.25) is 20.2 Å². The standard InChI is InChI=1S/C11H4Cl4IN/c12-5-1-8(13)10(9(14)2-5)7-3-6(16)4-17-11(7)15/h1-4H. The fraction of sp³-hybridized carbons (Fsp3) is 0. The van der Waals surface area contributed by atoms with Gasteiger partial charge in [-0.05, 0) is 40.8 Å². The zero-order chi connectivity index (χ0) is 12.6. The van der Waals surface area contributed by atoms with Crippen molar-refractivity contribution in [1.82, 2.24) is 4.98 Å². The SMILES string of the molecule is Clc1cc(Cl)c(-c2cc(I)cnc2Cl)c(Cl)c1. The Labute approximate surface area is 132 Å². The molecule has 0 aliphatic rings. The first-order valence-corrected chi connectivity index (χ1v) is 7.04. The molecule has 0 bridgehead atoms. The van der Waals surface area contributed by atoms with Crippen LogP contribution in [0, 0.1) is 3.57 Å². The van der Waals surface area contributed by atoms with Gasteiger partial charge in [-0.2, -0.15) is 0 Å². The molecule has 2 rings (SSSR count). The monoisotopic (exact) mass is 417 g/mol. The summed E-state index contributed by atoms with van der Waals surface area (Å²) in [5, 5.41) is 1.75. The van der Waals surface area contributed by atoms with Crippen molar-refractivity contribution in [3.8, 4) is 11.1 Å². The van der Waals surface area contributed by atoms with Gasteiger partial charge in [0, 0.05) is 25.9 Å². The molecule has 0 atom stereocenters. The zero-order valence-electron chi connectivity index (χ0n) is 8.15. The summed E-state index contributed by atoms with van der Waals surface area (Å²) in [5.41, 5.74) is 1.35. The highest BCUT2D eigenvalue weighted by Crippen LogP contribution is 2.40. The molecule has 0 saturated carbocycles. The first-order valence-electron chi connectivity index (χ1n) is 4.45. The van der Waals surface area contributed by atoms with Crippen LogP contribution in [-0.2, 0) is 0 Å². The Morgan fingerprint density at radius 1 is 0.941 bits per heavy atom. The molecule has 1 aromatic carbocycles. The van der Waals surface area contributed by atoms with E-state index in [0.29, 0.717) is 31.3 Å². The lowest BCUT2D eigenvalue weighted by molar-refractivity contribution is 1.31. The highest BCUT2D eigenvalue weighted by atomic mass is 127. The molecule has 17 heavy (non-hydrogen) atoms. The second-order valence-corrected chi connectivity index (χ2v) is 6.09. The molecule has 0 N–H and O–H groups in total. The Bertz CT molecular complexity index is 563. The van der Waals surface area contributed by atoms with E-state index in [1.165, 1.54) is 0 Å². The zero-order valence-corrected chi connectivity index (χ0v) is 13.3. The second-order valence-electron chi connectivity index (χ2n) is 3.24. The van der Waals surface area contributed by atoms with Crippen LogP contribution in [-0.4, -0.2) is 4.98 Å². The summed E-state index contributed by atoms with van der Waals surface area (Å²) in [4.78, 5) is 4.07. The van der Waals surface area contributed by atoms with Gasteiger partial charge in [-0.3, -0.25) is 0 Å². The Kier molecular flexibility index (Phi) is 4.42. The third-order valence-corrected chi connectivity index (χ3v) is 3.79. The predicted octanol–water partition coefficient (Wildman–Crippen LogP) is 5.97. The summed E-state index contributed by atoms with van der Waals surface area (Å²) in [6.45, 7) is 0. The number of rotatable bonds is 1. The van der Waals surface area contributed by atoms with Gasteiger partial charge < -0.3 is 0 Å². The lowest BCUT2D eigenvalue weighted by Gasteiger charge is -2.09. The van der Waals surface area contributed by atoms with E-state index < -0.39 is 0 Å². The highest BCUT2D eigenvalue weighted by molar-refractivity contribution is 14.1. The van der Waals surface area contributed by atoms with Gasteiger partial charge in [0.05, 0.1) is 10.0 Å². The van der Waals surface area contributed by atoms with Gasteiger partial charge in [0.1, 0.15) is 5.15 Å². The summed E-state index contributed by atoms with van der Waals surface area (Å²) in [6.07, 6.45) is 1.67. The molecule has 1 nitrogen and oxygen atoms in total. The fourth-order valence-corrected chi connectivity index (χ4v) is 3.07. The van der Waals surface area contributed by atoms with Gasteiger partial charge in [-0.1, -0.05) is 46.4 Å². The van der Waals surface area contributed by atoms with Gasteiger partial charge in [0.15, 0.2) is 0 Å². The molecule has 0 spiro atoms. The summed E-state index contributed by atoms with van der Waals surface area (Å²) in [5.74, 6) is 0. The molecule has 0 aliphatic carbocycles. The number of halogens is 5. The normalized spacial score (nSPS) is 10.6. The third kappa shape index (κ3) is 2.99. The first kappa shape index (κ1) is 13.7. The number of aromatic nitrogens is 1. The average molecular weight is 419 g/mol. The van der Waals surface area contributed by atoms with Crippen molar-refractivity contribution in [3.63, 3.8) is 0 Å². The minimum Gasteiger partial charge on any atom is -0.243 e. The molecule has 0 aliphatic heterocycles. The van der Waals surface area contributed by atoms with E-state index in [9.17, 15) is 0 Å². The Hall–Kier alpha value is 0.260. The van der Waals surface area contributed by atoms with Crippen molar-refractivity contribution < 1.29 is 0 Å². The van der Waals surface area contributed by atoms with Crippen molar-refractivity contribution in [2.75, 3.05) is 0 Å². The van der Waals surface area contributed by atoms with Crippen LogP contribution in [0.3, 0.4) is 0 Å². The minimum absolute atomic E-state index is 0.358. The third-order valence-electron chi connectivity index (χ3n) is 2.08. The van der Waals surface area contributed by atoms with Crippen LogP contribution < -0.4 is 0 Å². The molecule has 1 heterocycles. The summed E-state index contributed by atoms with van der Waals surface area (Å²) >= 11 is 26.3. The smallest absolute Gasteiger partial charge is 0.137 e. The molecule has 0 saturated heterocycles. The van der Waals surface area contributed by atoms with Crippen molar-refractivity contribution in [2.24, 2.45) is 0 Å². The number of hydrogen-bond acceptors (Lipinski definition) is 1. The topological polar surface area (TPSA) is 12.9 Å². The van der Waals surface area contributed by atoms with E-state index in [1.807, 2.05) is 6.07 Å². The number of hydrogen-bond donors (Lipinski definition) is 0. The highest BCUT2D eigenvalue weighted by Gasteiger charge is 2.14. The fourth-order valence-electron chi connectivity index (χ4n) is 1.40. The van der Waals surface area contributed by atoms with Gasteiger partial charge in [0.25, 0.3) is 0 Å². The van der Waals surface area contributed by atoms with E-state index in [4.69, 9.17) is 46.4 Å². The predicted molar refractivity (Wildman–Crippen MR) is 82.4 cm³/mol. The lowest BCUT2D eigenvalue weighted by Crippen LogP contribution is -1.88. The maximum atomic E-state index is 6.14. The number of nitrogens with zero attached hydrogens (tertiary/aromatic N) is 1. The van der Waals surface area contributed by atoms with Crippen LogP contribution in [0.25, 0.3) is 11.1 Å². The first-order chi connectivity index (χ1) is 7.99. The number of pyridine rings is 1. The van der Waals surface area contributed by atoms with E-state index in [-0.39, 0.29) is 0 Å². The van der Waals surface area contributed by atoms with Crippen LogP contribution in [0.15, 0.2) is 24.4 Å². The van der Waals surface area contributed by atoms with E-state index in [1.54, 1.807) is 18.3 Å². The number of benzene rings is 1. The maximum absolute atomic E-state index is 6.14. The Morgan fingerprint density at radius 2 is 1.53 bits per heavy atom. The Morgan fingerprint density at radius 3 is 2.12 bits per heavy atom. The molecular weight excluding hydrogens is 415 g/mol. The van der Waals surface area contributed by atoms with Gasteiger partial charge in [-0.15, -0.1) is 0 Å². The molecule has 1 aromatic heterocycles. The van der Waals surface area contributed by atoms with Crippen LogP contribution in [0.1, 0.15) is 0 Å². The van der Waals surface area contributed by atoms with Crippen LogP contribution in [0.5, 0.6) is 0 Å². The average Bonchev–Trinajstić information content (AvgIpc) is 2.21. The summed E-state index contributed by atoms with van der Waals surface area (Å²) in [7, 11) is 0. The molecule has 0 unspecified atom stereocenters. The van der Waals surface area contributed by atoms with Crippen molar-refractivity contribution in [1.29, 1.82) is 0 Å². The molecule has 0 fully saturated rings. The van der Waals surface area contributed by atoms with Crippen LogP contribution in [0.4, 0.5) is 0 Å². The molecular formula is C11H4Cl4IN. The van der Waals surface area contributed by atoms with E-state index in [0.717, 1.165) is 3.57 Å². The quantitative estimate of drug-likeness (QED) is 0.411. The summed E-state index contributed by atoms with van der Waals surface area (Å²) < 4.78 is 0.948. The minimum atomic E-state index is 0.358. The largest absolute Gasteiger partial charge is 0.243 e. The summed E-state index contributed by atoms with van der Waals surface area (Å²) in [6, 6.07) is 5.12. The van der Waals surface area contributed by atoms with Crippen molar-refractivity contribution >= 4 is 69.0 Å². The van der Waals surface area contributed by atoms with Gasteiger partial charge in [-0.25, -0.2) is 4.98 Å². The molecule has 88 valence electrons. The maximum Gasteiger partial charge on any atom is 0.137 e. The van der Waals surface area contributed by atoms with Gasteiger partial charge in [0.2, 0.25) is 0 Å². The molecule has 0 amide bonds. The molecule has 0 radical (unpaired) electrons. The molecule has 2 aromatic rings. The van der Waals surface area contributed by atoms with E-state index >= 15 is 0 Å². The second kappa shape index (κ2) is 5.49. The Balaban J connectivity index is 2.72. The van der Waals surface area contributed by atoms with Crippen molar-refractivity contribution in [3.05, 3.63) is 48.2 Å². The van der Waals surface area contributed by atoms with Crippen LogP contribution >= 0.6 is 69.0 Å². The lowest BCUT2D eigenvalue weighted by atomic mass is 10.1. The molecule has 6 heteroatoms. The van der Waals surface area contributed by atoms with Gasteiger partial charge >= 0.3 is 0 Å². The van der Waals surface area contributed by atoms with Crippen molar-refractivity contribution in [2.45, 2.75) is 0 Å².